The number of furan rings is 1. The number of ether oxygens (including phenoxy) is 2. The highest BCUT2D eigenvalue weighted by Crippen LogP contribution is 2.42. The fourth-order valence-corrected chi connectivity index (χ4v) is 6.81. The molecule has 0 saturated heterocycles. The minimum absolute atomic E-state index is 0.0236. The number of thiazole rings is 1. The predicted molar refractivity (Wildman–Crippen MR) is 163 cm³/mol. The van der Waals surface area contributed by atoms with Crippen LogP contribution in [0.4, 0.5) is 5.69 Å². The molecule has 0 fully saturated rings. The van der Waals surface area contributed by atoms with Crippen LogP contribution in [0.25, 0.3) is 23.1 Å². The van der Waals surface area contributed by atoms with Crippen molar-refractivity contribution in [3.8, 4) is 22.8 Å². The number of aryl methyl sites for hydroxylation is 1. The first-order valence-electron chi connectivity index (χ1n) is 13.6. The van der Waals surface area contributed by atoms with Gasteiger partial charge in [-0.25, -0.2) is 4.99 Å². The Bertz CT molecular complexity index is 2140. The Morgan fingerprint density at radius 1 is 1.00 bits per heavy atom. The Morgan fingerprint density at radius 3 is 2.65 bits per heavy atom. The fraction of sp³-hybridized carbons (Fsp3) is 0.152. The topological polar surface area (TPSA) is 109 Å². The summed E-state index contributed by atoms with van der Waals surface area (Å²) >= 11 is 1.30. The molecule has 214 valence electrons. The minimum Gasteiger partial charge on any atom is -0.493 e. The van der Waals surface area contributed by atoms with Gasteiger partial charge in [0.1, 0.15) is 11.5 Å². The Morgan fingerprint density at radius 2 is 1.84 bits per heavy atom. The standard InChI is InChI=1S/C33H25N3O6S/c1-40-27-14-11-21(17-28(27)41-2)31-25-13-10-19-6-3-4-9-24(19)30(25)34-33-35(31)32(37)29(43-33)18-23-12-15-26(42-23)20-7-5-8-22(16-20)36(38)39/h3-9,11-12,14-18,31H,10,13H2,1-2H3/b29-18+/t31-/m0/s1. The van der Waals surface area contributed by atoms with Gasteiger partial charge in [0.05, 0.1) is 35.4 Å². The molecule has 3 aromatic carbocycles. The molecule has 1 aliphatic carbocycles. The number of aromatic nitrogens is 1. The van der Waals surface area contributed by atoms with Crippen molar-refractivity contribution in [3.05, 3.63) is 137 Å². The van der Waals surface area contributed by atoms with Crippen molar-refractivity contribution in [3.63, 3.8) is 0 Å². The summed E-state index contributed by atoms with van der Waals surface area (Å²) in [5.74, 6) is 2.13. The predicted octanol–water partition coefficient (Wildman–Crippen LogP) is 5.50. The number of nitro groups is 1. The number of fused-ring (bicyclic) bond motifs is 3. The molecule has 0 radical (unpaired) electrons. The van der Waals surface area contributed by atoms with E-state index in [1.54, 1.807) is 49.1 Å². The Balaban J connectivity index is 1.39. The zero-order valence-electron chi connectivity index (χ0n) is 23.3. The molecule has 5 aromatic rings. The van der Waals surface area contributed by atoms with Crippen LogP contribution in [0.5, 0.6) is 11.5 Å². The number of hydrogen-bond donors (Lipinski definition) is 0. The molecule has 1 atom stereocenters. The quantitative estimate of drug-likeness (QED) is 0.191. The molecule has 0 N–H and O–H groups in total. The molecule has 43 heavy (non-hydrogen) atoms. The van der Waals surface area contributed by atoms with Crippen LogP contribution in [0.3, 0.4) is 0 Å². The van der Waals surface area contributed by atoms with Gasteiger partial charge in [-0.05, 0) is 53.8 Å². The van der Waals surface area contributed by atoms with E-state index < -0.39 is 4.92 Å². The first-order valence-corrected chi connectivity index (χ1v) is 14.5. The number of methoxy groups -OCH3 is 2. The van der Waals surface area contributed by atoms with Gasteiger partial charge in [0.15, 0.2) is 16.3 Å². The van der Waals surface area contributed by atoms with E-state index in [0.29, 0.717) is 37.9 Å². The lowest BCUT2D eigenvalue weighted by atomic mass is 9.83. The summed E-state index contributed by atoms with van der Waals surface area (Å²) in [4.78, 5) is 30.5. The van der Waals surface area contributed by atoms with Crippen molar-refractivity contribution in [2.45, 2.75) is 18.9 Å². The maximum absolute atomic E-state index is 14.1. The van der Waals surface area contributed by atoms with Crippen molar-refractivity contribution in [1.29, 1.82) is 0 Å². The van der Waals surface area contributed by atoms with Gasteiger partial charge in [0.2, 0.25) is 0 Å². The van der Waals surface area contributed by atoms with Gasteiger partial charge in [-0.1, -0.05) is 53.8 Å². The number of non-ortho nitro benzene ring substituents is 1. The second-order valence-corrected chi connectivity index (χ2v) is 11.2. The number of hydrogen-bond acceptors (Lipinski definition) is 8. The second kappa shape index (κ2) is 10.6. The van der Waals surface area contributed by atoms with Gasteiger partial charge in [-0.2, -0.15) is 0 Å². The van der Waals surface area contributed by atoms with Crippen molar-refractivity contribution in [2.24, 2.45) is 4.99 Å². The van der Waals surface area contributed by atoms with Crippen molar-refractivity contribution < 1.29 is 18.8 Å². The maximum atomic E-state index is 14.1. The van der Waals surface area contributed by atoms with E-state index >= 15 is 0 Å². The van der Waals surface area contributed by atoms with Gasteiger partial charge in [-0.15, -0.1) is 0 Å². The molecule has 0 unspecified atom stereocenters. The first-order chi connectivity index (χ1) is 20.9. The summed E-state index contributed by atoms with van der Waals surface area (Å²) in [7, 11) is 3.19. The van der Waals surface area contributed by atoms with E-state index in [-0.39, 0.29) is 17.3 Å². The normalized spacial score (nSPS) is 15.8. The highest BCUT2D eigenvalue weighted by Gasteiger charge is 2.33. The lowest BCUT2D eigenvalue weighted by molar-refractivity contribution is -0.384. The Hall–Kier alpha value is -5.22. The van der Waals surface area contributed by atoms with Crippen LogP contribution in [0, 0.1) is 10.1 Å². The third kappa shape index (κ3) is 4.56. The summed E-state index contributed by atoms with van der Waals surface area (Å²) in [6, 6.07) is 23.4. The number of rotatable bonds is 6. The van der Waals surface area contributed by atoms with Gasteiger partial charge in [-0.3, -0.25) is 19.5 Å². The molecular formula is C33H25N3O6S. The average Bonchev–Trinajstić information content (AvgIpc) is 3.63. The summed E-state index contributed by atoms with van der Waals surface area (Å²) in [6.45, 7) is 0. The minimum atomic E-state index is -0.444. The summed E-state index contributed by atoms with van der Waals surface area (Å²) < 4.78 is 19.3. The number of nitro benzene ring substituents is 1. The average molecular weight is 592 g/mol. The van der Waals surface area contributed by atoms with Crippen LogP contribution in [-0.4, -0.2) is 23.7 Å². The van der Waals surface area contributed by atoms with E-state index in [2.05, 4.69) is 12.1 Å². The van der Waals surface area contributed by atoms with E-state index in [4.69, 9.17) is 18.9 Å². The van der Waals surface area contributed by atoms with E-state index in [1.807, 2.05) is 30.3 Å². The molecule has 10 heteroatoms. The van der Waals surface area contributed by atoms with Gasteiger partial charge in [0, 0.05) is 29.3 Å². The molecule has 2 aliphatic rings. The molecule has 3 heterocycles. The highest BCUT2D eigenvalue weighted by atomic mass is 32.1. The lowest BCUT2D eigenvalue weighted by Gasteiger charge is -2.31. The Labute approximate surface area is 249 Å². The molecule has 0 spiro atoms. The van der Waals surface area contributed by atoms with Gasteiger partial charge < -0.3 is 13.9 Å². The van der Waals surface area contributed by atoms with Gasteiger partial charge in [0.25, 0.3) is 11.2 Å². The van der Waals surface area contributed by atoms with Crippen LogP contribution in [-0.2, 0) is 6.42 Å². The van der Waals surface area contributed by atoms with Gasteiger partial charge >= 0.3 is 0 Å². The molecule has 0 bridgehead atoms. The van der Waals surface area contributed by atoms with Crippen LogP contribution in [0.1, 0.15) is 34.9 Å². The molecular weight excluding hydrogens is 566 g/mol. The molecule has 1 aliphatic heterocycles. The molecule has 7 rings (SSSR count). The Kier molecular flexibility index (Phi) is 6.55. The molecule has 0 saturated carbocycles. The third-order valence-corrected chi connectivity index (χ3v) is 8.82. The smallest absolute Gasteiger partial charge is 0.271 e. The molecule has 0 amide bonds. The van der Waals surface area contributed by atoms with Crippen molar-refractivity contribution in [1.82, 2.24) is 4.57 Å². The largest absolute Gasteiger partial charge is 0.493 e. The summed E-state index contributed by atoms with van der Waals surface area (Å²) in [6.07, 6.45) is 3.32. The SMILES string of the molecule is COc1ccc([C@H]2C3=C(N=c4s/c(=C/c5ccc(-c6cccc([N+](=O)[O-])c6)o5)c(=O)n42)c2ccccc2CC3)cc1OC. The zero-order chi connectivity index (χ0) is 29.7. The summed E-state index contributed by atoms with van der Waals surface area (Å²) in [5, 5.41) is 11.2. The van der Waals surface area contributed by atoms with E-state index in [9.17, 15) is 14.9 Å². The highest BCUT2D eigenvalue weighted by molar-refractivity contribution is 7.07. The van der Waals surface area contributed by atoms with E-state index in [1.165, 1.54) is 29.0 Å². The zero-order valence-corrected chi connectivity index (χ0v) is 24.1. The second-order valence-electron chi connectivity index (χ2n) is 10.2. The van der Waals surface area contributed by atoms with Crippen LogP contribution >= 0.6 is 11.3 Å². The van der Waals surface area contributed by atoms with Crippen LogP contribution in [0.2, 0.25) is 0 Å². The van der Waals surface area contributed by atoms with Crippen LogP contribution in [0.15, 0.2) is 98.6 Å². The fourth-order valence-electron chi connectivity index (χ4n) is 5.83. The number of allylic oxidation sites excluding steroid dienone is 1. The molecule has 9 nitrogen and oxygen atoms in total. The van der Waals surface area contributed by atoms with Crippen molar-refractivity contribution >= 4 is 28.8 Å². The number of nitrogens with zero attached hydrogens (tertiary/aromatic N) is 3. The van der Waals surface area contributed by atoms with E-state index in [0.717, 1.165) is 35.2 Å². The third-order valence-electron chi connectivity index (χ3n) is 7.84. The van der Waals surface area contributed by atoms with Crippen molar-refractivity contribution in [2.75, 3.05) is 14.2 Å². The first kappa shape index (κ1) is 26.7. The maximum Gasteiger partial charge on any atom is 0.271 e. The lowest BCUT2D eigenvalue weighted by Crippen LogP contribution is -2.38. The van der Waals surface area contributed by atoms with Crippen LogP contribution < -0.4 is 24.4 Å². The number of benzene rings is 3. The summed E-state index contributed by atoms with van der Waals surface area (Å²) in [5.41, 5.74) is 5.58. The monoisotopic (exact) mass is 591 g/mol. The molecule has 2 aromatic heterocycles.